The van der Waals surface area contributed by atoms with Gasteiger partial charge < -0.3 is 10.6 Å². The molecule has 4 heteroatoms. The molecule has 0 saturated heterocycles. The molecular weight excluding hydrogens is 251 g/mol. The van der Waals surface area contributed by atoms with Crippen molar-refractivity contribution in [2.45, 2.75) is 6.92 Å². The molecule has 2 aromatic carbocycles. The molecule has 94 valence electrons. The predicted molar refractivity (Wildman–Crippen MR) is 74.9 cm³/mol. The largest absolute Gasteiger partial charge is 0.397 e. The summed E-state index contributed by atoms with van der Waals surface area (Å²) in [5.74, 6) is -0.262. The number of nitrogen functional groups attached to an aromatic ring is 1. The highest BCUT2D eigenvalue weighted by molar-refractivity contribution is 6.34. The second-order valence-corrected chi connectivity index (χ2v) is 4.31. The Kier molecular flexibility index (Phi) is 3.72. The van der Waals surface area contributed by atoms with Crippen molar-refractivity contribution in [3.05, 3.63) is 53.3 Å². The third-order valence-corrected chi connectivity index (χ3v) is 3.05. The highest BCUT2D eigenvalue weighted by atomic mass is 35.5. The summed E-state index contributed by atoms with van der Waals surface area (Å²) in [7, 11) is 0. The average Bonchev–Trinajstić information content (AvgIpc) is 2.35. The number of para-hydroxylation sites is 1. The Morgan fingerprint density at radius 3 is 2.39 bits per heavy atom. The van der Waals surface area contributed by atoms with Gasteiger partial charge in [-0.1, -0.05) is 17.7 Å². The van der Waals surface area contributed by atoms with Crippen molar-refractivity contribution in [1.82, 2.24) is 0 Å². The van der Waals surface area contributed by atoms with Crippen molar-refractivity contribution in [1.29, 1.82) is 0 Å². The van der Waals surface area contributed by atoms with E-state index in [1.807, 2.05) is 11.8 Å². The van der Waals surface area contributed by atoms with Gasteiger partial charge in [0.25, 0.3) is 0 Å². The molecule has 2 aromatic rings. The van der Waals surface area contributed by atoms with E-state index >= 15 is 0 Å². The molecule has 0 bridgehead atoms. The van der Waals surface area contributed by atoms with Crippen LogP contribution in [0.2, 0.25) is 5.02 Å². The van der Waals surface area contributed by atoms with Gasteiger partial charge in [0, 0.05) is 12.2 Å². The monoisotopic (exact) mass is 264 g/mol. The van der Waals surface area contributed by atoms with Gasteiger partial charge >= 0.3 is 0 Å². The van der Waals surface area contributed by atoms with Gasteiger partial charge in [0.2, 0.25) is 0 Å². The van der Waals surface area contributed by atoms with Gasteiger partial charge in [-0.05, 0) is 43.3 Å². The lowest BCUT2D eigenvalue weighted by Gasteiger charge is -2.25. The van der Waals surface area contributed by atoms with Crippen LogP contribution in [0.25, 0.3) is 0 Å². The minimum Gasteiger partial charge on any atom is -0.397 e. The van der Waals surface area contributed by atoms with Gasteiger partial charge in [0.15, 0.2) is 0 Å². The van der Waals surface area contributed by atoms with E-state index in [2.05, 4.69) is 0 Å². The zero-order valence-corrected chi connectivity index (χ0v) is 10.8. The number of benzene rings is 2. The molecule has 0 radical (unpaired) electrons. The van der Waals surface area contributed by atoms with Crippen LogP contribution in [0.5, 0.6) is 0 Å². The Morgan fingerprint density at radius 1 is 1.17 bits per heavy atom. The summed E-state index contributed by atoms with van der Waals surface area (Å²) in [6.07, 6.45) is 0. The molecule has 0 spiro atoms. The predicted octanol–water partition coefficient (Wildman–Crippen LogP) is 4.22. The normalized spacial score (nSPS) is 10.4. The molecule has 18 heavy (non-hydrogen) atoms. The Hall–Kier alpha value is -1.74. The summed E-state index contributed by atoms with van der Waals surface area (Å²) in [4.78, 5) is 1.96. The number of halogens is 2. The molecule has 0 aromatic heterocycles. The molecule has 2 nitrogen and oxygen atoms in total. The van der Waals surface area contributed by atoms with Crippen molar-refractivity contribution in [2.24, 2.45) is 0 Å². The van der Waals surface area contributed by atoms with Crippen molar-refractivity contribution in [2.75, 3.05) is 17.2 Å². The summed E-state index contributed by atoms with van der Waals surface area (Å²) in [6, 6.07) is 11.7. The van der Waals surface area contributed by atoms with Crippen molar-refractivity contribution >= 4 is 28.7 Å². The second-order valence-electron chi connectivity index (χ2n) is 3.90. The maximum absolute atomic E-state index is 12.9. The number of nitrogens with zero attached hydrogens (tertiary/aromatic N) is 1. The van der Waals surface area contributed by atoms with Crippen LogP contribution in [-0.4, -0.2) is 6.54 Å². The fourth-order valence-corrected chi connectivity index (χ4v) is 2.19. The maximum Gasteiger partial charge on any atom is 0.123 e. The van der Waals surface area contributed by atoms with Gasteiger partial charge in [-0.3, -0.25) is 0 Å². The Labute approximate surface area is 111 Å². The molecule has 0 aliphatic rings. The van der Waals surface area contributed by atoms with Crippen molar-refractivity contribution in [3.63, 3.8) is 0 Å². The Morgan fingerprint density at radius 2 is 1.83 bits per heavy atom. The minimum atomic E-state index is -0.262. The van der Waals surface area contributed by atoms with Crippen LogP contribution < -0.4 is 10.6 Å². The lowest BCUT2D eigenvalue weighted by molar-refractivity contribution is 0.628. The van der Waals surface area contributed by atoms with E-state index in [1.54, 1.807) is 30.3 Å². The van der Waals surface area contributed by atoms with Crippen molar-refractivity contribution < 1.29 is 4.39 Å². The zero-order valence-electron chi connectivity index (χ0n) is 10.0. The van der Waals surface area contributed by atoms with Crippen LogP contribution in [0.3, 0.4) is 0 Å². The first-order valence-electron chi connectivity index (χ1n) is 5.70. The molecule has 0 atom stereocenters. The molecule has 0 amide bonds. The summed E-state index contributed by atoms with van der Waals surface area (Å²) < 4.78 is 12.9. The van der Waals surface area contributed by atoms with Gasteiger partial charge in [-0.15, -0.1) is 0 Å². The van der Waals surface area contributed by atoms with Gasteiger partial charge in [0.1, 0.15) is 5.82 Å². The van der Waals surface area contributed by atoms with Crippen LogP contribution in [0.4, 0.5) is 21.5 Å². The summed E-state index contributed by atoms with van der Waals surface area (Å²) in [5.41, 5.74) is 8.19. The first-order chi connectivity index (χ1) is 8.63. The fraction of sp³-hybridized carbons (Fsp3) is 0.143. The third-order valence-electron chi connectivity index (χ3n) is 2.74. The Bertz CT molecular complexity index is 520. The van der Waals surface area contributed by atoms with Crippen LogP contribution in [0.15, 0.2) is 42.5 Å². The first kappa shape index (κ1) is 12.7. The molecule has 0 aliphatic carbocycles. The van der Waals surface area contributed by atoms with Crippen LogP contribution in [0, 0.1) is 5.82 Å². The van der Waals surface area contributed by atoms with E-state index in [1.165, 1.54) is 12.1 Å². The van der Waals surface area contributed by atoms with Gasteiger partial charge in [-0.2, -0.15) is 0 Å². The van der Waals surface area contributed by atoms with E-state index < -0.39 is 0 Å². The fourth-order valence-electron chi connectivity index (χ4n) is 1.91. The molecule has 2 rings (SSSR count). The standard InChI is InChI=1S/C14H14ClFN2/c1-2-18(11-8-6-10(16)7-9-11)14-12(15)4-3-5-13(14)17/h3-9H,2,17H2,1H3. The summed E-state index contributed by atoms with van der Waals surface area (Å²) >= 11 is 6.19. The van der Waals surface area contributed by atoms with E-state index in [9.17, 15) is 4.39 Å². The number of nitrogens with two attached hydrogens (primary N) is 1. The smallest absolute Gasteiger partial charge is 0.123 e. The van der Waals surface area contributed by atoms with Crippen molar-refractivity contribution in [3.8, 4) is 0 Å². The van der Waals surface area contributed by atoms with Crippen LogP contribution in [0.1, 0.15) is 6.92 Å². The average molecular weight is 265 g/mol. The SMILES string of the molecule is CCN(c1ccc(F)cc1)c1c(N)cccc1Cl. The lowest BCUT2D eigenvalue weighted by Crippen LogP contribution is -2.17. The number of rotatable bonds is 3. The zero-order chi connectivity index (χ0) is 13.1. The molecular formula is C14H14ClFN2. The number of hydrogen-bond acceptors (Lipinski definition) is 2. The minimum absolute atomic E-state index is 0.262. The summed E-state index contributed by atoms with van der Waals surface area (Å²) in [5, 5.41) is 0.584. The molecule has 0 fully saturated rings. The molecule has 0 heterocycles. The maximum atomic E-state index is 12.9. The molecule has 0 aliphatic heterocycles. The quantitative estimate of drug-likeness (QED) is 0.841. The second kappa shape index (κ2) is 5.27. The molecule has 2 N–H and O–H groups in total. The van der Waals surface area contributed by atoms with E-state index in [4.69, 9.17) is 17.3 Å². The highest BCUT2D eigenvalue weighted by Gasteiger charge is 2.13. The van der Waals surface area contributed by atoms with E-state index in [0.29, 0.717) is 17.3 Å². The summed E-state index contributed by atoms with van der Waals surface area (Å²) in [6.45, 7) is 2.69. The highest BCUT2D eigenvalue weighted by Crippen LogP contribution is 2.36. The number of anilines is 3. The number of hydrogen-bond donors (Lipinski definition) is 1. The Balaban J connectivity index is 2.48. The van der Waals surface area contributed by atoms with Gasteiger partial charge in [0.05, 0.1) is 16.4 Å². The van der Waals surface area contributed by atoms with Crippen LogP contribution >= 0.6 is 11.6 Å². The molecule has 0 unspecified atom stereocenters. The topological polar surface area (TPSA) is 29.3 Å². The van der Waals surface area contributed by atoms with E-state index in [0.717, 1.165) is 11.4 Å². The lowest BCUT2D eigenvalue weighted by atomic mass is 10.2. The van der Waals surface area contributed by atoms with Gasteiger partial charge in [-0.25, -0.2) is 4.39 Å². The third kappa shape index (κ3) is 2.41. The van der Waals surface area contributed by atoms with E-state index in [-0.39, 0.29) is 5.82 Å². The van der Waals surface area contributed by atoms with Crippen LogP contribution in [-0.2, 0) is 0 Å². The molecule has 0 saturated carbocycles. The first-order valence-corrected chi connectivity index (χ1v) is 6.08.